The number of pyridine rings is 1. The van der Waals surface area contributed by atoms with Gasteiger partial charge >= 0.3 is 0 Å². The van der Waals surface area contributed by atoms with Gasteiger partial charge in [0.05, 0.1) is 0 Å². The molecule has 1 saturated heterocycles. The first-order valence-corrected chi connectivity index (χ1v) is 6.41. The standard InChI is InChI=1S/C12H15ClN4/c13-10-4-1-5-12-15-11(16-17(10)12)7-9-3-2-6-14-8-9/h1,4-5,9,14H,2-3,6-8H2. The van der Waals surface area contributed by atoms with Crippen molar-refractivity contribution < 1.29 is 0 Å². The molecule has 1 fully saturated rings. The third-order valence-corrected chi connectivity index (χ3v) is 3.51. The highest BCUT2D eigenvalue weighted by molar-refractivity contribution is 6.29. The zero-order valence-electron chi connectivity index (χ0n) is 9.56. The van der Waals surface area contributed by atoms with E-state index in [0.717, 1.165) is 31.0 Å². The van der Waals surface area contributed by atoms with Crippen molar-refractivity contribution in [3.8, 4) is 0 Å². The molecule has 17 heavy (non-hydrogen) atoms. The molecule has 0 saturated carbocycles. The fraction of sp³-hybridized carbons (Fsp3) is 0.500. The van der Waals surface area contributed by atoms with Crippen LogP contribution in [0.25, 0.3) is 5.65 Å². The highest BCUT2D eigenvalue weighted by atomic mass is 35.5. The number of piperidine rings is 1. The summed E-state index contributed by atoms with van der Waals surface area (Å²) in [7, 11) is 0. The maximum Gasteiger partial charge on any atom is 0.157 e. The van der Waals surface area contributed by atoms with Crippen molar-refractivity contribution >= 4 is 17.2 Å². The molecule has 1 aliphatic rings. The molecule has 1 atom stereocenters. The number of hydrogen-bond donors (Lipinski definition) is 1. The van der Waals surface area contributed by atoms with Gasteiger partial charge in [0.25, 0.3) is 0 Å². The summed E-state index contributed by atoms with van der Waals surface area (Å²) >= 11 is 6.06. The molecule has 3 heterocycles. The summed E-state index contributed by atoms with van der Waals surface area (Å²) in [6.45, 7) is 2.21. The molecule has 90 valence electrons. The second kappa shape index (κ2) is 4.63. The Balaban J connectivity index is 1.83. The minimum absolute atomic E-state index is 0.614. The molecule has 1 aliphatic heterocycles. The van der Waals surface area contributed by atoms with Crippen LogP contribution in [0.5, 0.6) is 0 Å². The average Bonchev–Trinajstić information content (AvgIpc) is 2.74. The topological polar surface area (TPSA) is 42.2 Å². The lowest BCUT2D eigenvalue weighted by Crippen LogP contribution is -2.31. The van der Waals surface area contributed by atoms with E-state index in [9.17, 15) is 0 Å². The van der Waals surface area contributed by atoms with E-state index < -0.39 is 0 Å². The van der Waals surface area contributed by atoms with Gasteiger partial charge in [0.15, 0.2) is 11.5 Å². The summed E-state index contributed by atoms with van der Waals surface area (Å²) in [6.07, 6.45) is 3.44. The van der Waals surface area contributed by atoms with Crippen LogP contribution in [0.15, 0.2) is 18.2 Å². The van der Waals surface area contributed by atoms with E-state index in [2.05, 4.69) is 15.4 Å². The minimum atomic E-state index is 0.614. The predicted octanol–water partition coefficient (Wildman–Crippen LogP) is 1.92. The lowest BCUT2D eigenvalue weighted by atomic mass is 9.96. The molecule has 0 aliphatic carbocycles. The van der Waals surface area contributed by atoms with E-state index >= 15 is 0 Å². The Morgan fingerprint density at radius 3 is 3.18 bits per heavy atom. The zero-order valence-corrected chi connectivity index (χ0v) is 10.3. The van der Waals surface area contributed by atoms with Crippen molar-refractivity contribution in [2.24, 2.45) is 5.92 Å². The number of nitrogens with zero attached hydrogens (tertiary/aromatic N) is 3. The molecule has 0 aromatic carbocycles. The van der Waals surface area contributed by atoms with Crippen LogP contribution in [0, 0.1) is 5.92 Å². The Labute approximate surface area is 105 Å². The number of rotatable bonds is 2. The van der Waals surface area contributed by atoms with E-state index in [1.807, 2.05) is 18.2 Å². The van der Waals surface area contributed by atoms with Crippen LogP contribution in [0.4, 0.5) is 0 Å². The third kappa shape index (κ3) is 2.28. The number of aromatic nitrogens is 3. The van der Waals surface area contributed by atoms with Crippen LogP contribution in [0.1, 0.15) is 18.7 Å². The van der Waals surface area contributed by atoms with Crippen molar-refractivity contribution in [3.05, 3.63) is 29.2 Å². The van der Waals surface area contributed by atoms with Crippen LogP contribution in [-0.4, -0.2) is 27.7 Å². The Morgan fingerprint density at radius 2 is 2.41 bits per heavy atom. The first kappa shape index (κ1) is 11.0. The normalized spacial score (nSPS) is 20.9. The smallest absolute Gasteiger partial charge is 0.157 e. The molecule has 0 spiro atoms. The summed E-state index contributed by atoms with van der Waals surface area (Å²) in [4.78, 5) is 4.51. The Bertz CT molecular complexity index is 516. The summed E-state index contributed by atoms with van der Waals surface area (Å²) in [5.74, 6) is 1.55. The van der Waals surface area contributed by atoms with Crippen LogP contribution < -0.4 is 5.32 Å². The van der Waals surface area contributed by atoms with Crippen LogP contribution in [0.2, 0.25) is 5.15 Å². The molecule has 0 bridgehead atoms. The fourth-order valence-electron chi connectivity index (χ4n) is 2.36. The van der Waals surface area contributed by atoms with Gasteiger partial charge in [-0.1, -0.05) is 17.7 Å². The SMILES string of the molecule is Clc1cccc2nc(CC3CCCNC3)nn12. The highest BCUT2D eigenvalue weighted by Gasteiger charge is 2.16. The highest BCUT2D eigenvalue weighted by Crippen LogP contribution is 2.16. The van der Waals surface area contributed by atoms with Gasteiger partial charge in [-0.3, -0.25) is 0 Å². The molecule has 2 aromatic rings. The van der Waals surface area contributed by atoms with Crippen molar-refractivity contribution in [2.75, 3.05) is 13.1 Å². The number of nitrogens with one attached hydrogen (secondary N) is 1. The van der Waals surface area contributed by atoms with Crippen LogP contribution in [0.3, 0.4) is 0 Å². The lowest BCUT2D eigenvalue weighted by molar-refractivity contribution is 0.371. The summed E-state index contributed by atoms with van der Waals surface area (Å²) in [5, 5.41) is 8.48. The van der Waals surface area contributed by atoms with Gasteiger partial charge in [-0.2, -0.15) is 0 Å². The maximum atomic E-state index is 6.06. The number of hydrogen-bond acceptors (Lipinski definition) is 3. The second-order valence-corrected chi connectivity index (χ2v) is 4.95. The monoisotopic (exact) mass is 250 g/mol. The zero-order chi connectivity index (χ0) is 11.7. The van der Waals surface area contributed by atoms with Gasteiger partial charge in [0.1, 0.15) is 5.15 Å². The van der Waals surface area contributed by atoms with Crippen molar-refractivity contribution in [2.45, 2.75) is 19.3 Å². The van der Waals surface area contributed by atoms with E-state index in [0.29, 0.717) is 11.1 Å². The van der Waals surface area contributed by atoms with Gasteiger partial charge in [0.2, 0.25) is 0 Å². The Morgan fingerprint density at radius 1 is 1.47 bits per heavy atom. The quantitative estimate of drug-likeness (QED) is 0.829. The van der Waals surface area contributed by atoms with Gasteiger partial charge in [-0.25, -0.2) is 9.50 Å². The van der Waals surface area contributed by atoms with Gasteiger partial charge in [-0.15, -0.1) is 5.10 Å². The van der Waals surface area contributed by atoms with Gasteiger partial charge in [0, 0.05) is 6.42 Å². The average molecular weight is 251 g/mol. The van der Waals surface area contributed by atoms with E-state index in [4.69, 9.17) is 11.6 Å². The molecular formula is C12H15ClN4. The molecule has 0 radical (unpaired) electrons. The van der Waals surface area contributed by atoms with Crippen molar-refractivity contribution in [1.82, 2.24) is 19.9 Å². The fourth-order valence-corrected chi connectivity index (χ4v) is 2.56. The molecule has 1 N–H and O–H groups in total. The number of fused-ring (bicyclic) bond motifs is 1. The molecule has 1 unspecified atom stereocenters. The summed E-state index contributed by atoms with van der Waals surface area (Å²) in [5.41, 5.74) is 0.830. The van der Waals surface area contributed by atoms with Crippen LogP contribution in [-0.2, 0) is 6.42 Å². The first-order chi connectivity index (χ1) is 8.33. The van der Waals surface area contributed by atoms with E-state index in [-0.39, 0.29) is 0 Å². The van der Waals surface area contributed by atoms with E-state index in [1.54, 1.807) is 4.52 Å². The van der Waals surface area contributed by atoms with Crippen molar-refractivity contribution in [1.29, 1.82) is 0 Å². The summed E-state index contributed by atoms with van der Waals surface area (Å²) < 4.78 is 1.70. The molecule has 5 heteroatoms. The molecule has 3 rings (SSSR count). The van der Waals surface area contributed by atoms with E-state index in [1.165, 1.54) is 12.8 Å². The van der Waals surface area contributed by atoms with Gasteiger partial charge < -0.3 is 5.32 Å². The van der Waals surface area contributed by atoms with Crippen LogP contribution >= 0.6 is 11.6 Å². The molecule has 0 amide bonds. The number of halogens is 1. The first-order valence-electron chi connectivity index (χ1n) is 6.04. The second-order valence-electron chi connectivity index (χ2n) is 4.56. The summed E-state index contributed by atoms with van der Waals surface area (Å²) in [6, 6.07) is 5.66. The molecule has 4 nitrogen and oxygen atoms in total. The molecule has 2 aromatic heterocycles. The predicted molar refractivity (Wildman–Crippen MR) is 67.3 cm³/mol. The minimum Gasteiger partial charge on any atom is -0.316 e. The third-order valence-electron chi connectivity index (χ3n) is 3.23. The molecular weight excluding hydrogens is 236 g/mol. The maximum absolute atomic E-state index is 6.06. The lowest BCUT2D eigenvalue weighted by Gasteiger charge is -2.21. The Hall–Kier alpha value is -1.13. The Kier molecular flexibility index (Phi) is 2.99. The van der Waals surface area contributed by atoms with Crippen molar-refractivity contribution in [3.63, 3.8) is 0 Å². The van der Waals surface area contributed by atoms with Gasteiger partial charge in [-0.05, 0) is 44.0 Å². The largest absolute Gasteiger partial charge is 0.316 e.